The molecule has 0 saturated carbocycles. The van der Waals surface area contributed by atoms with Crippen LogP contribution >= 0.6 is 0 Å². The monoisotopic (exact) mass is 480 g/mol. The lowest BCUT2D eigenvalue weighted by molar-refractivity contribution is -0.309. The van der Waals surface area contributed by atoms with Gasteiger partial charge in [-0.2, -0.15) is 0 Å². The van der Waals surface area contributed by atoms with E-state index in [1.165, 1.54) is 6.92 Å². The van der Waals surface area contributed by atoms with E-state index in [-0.39, 0.29) is 46.2 Å². The Morgan fingerprint density at radius 1 is 0.697 bits per heavy atom. The molecule has 0 bridgehead atoms. The van der Waals surface area contributed by atoms with Gasteiger partial charge in [0.1, 0.15) is 12.7 Å². The summed E-state index contributed by atoms with van der Waals surface area (Å²) in [6.07, 6.45) is -6.14. The van der Waals surface area contributed by atoms with Crippen LogP contribution in [0.4, 0.5) is 0 Å². The number of aliphatic hydroxyl groups is 1. The third-order valence-corrected chi connectivity index (χ3v) is 4.07. The van der Waals surface area contributed by atoms with E-state index >= 15 is 0 Å². The molecular formula is C20H32O13. The third kappa shape index (κ3) is 11.4. The van der Waals surface area contributed by atoms with Crippen LogP contribution in [0.3, 0.4) is 0 Å². The lowest BCUT2D eigenvalue weighted by atomic mass is 9.98. The largest absolute Gasteiger partial charge is 0.463 e. The summed E-state index contributed by atoms with van der Waals surface area (Å²) in [5, 5.41) is 8.65. The molecule has 1 N–H and O–H groups in total. The highest BCUT2D eigenvalue weighted by atomic mass is 16.7. The number of esters is 4. The molecule has 1 rings (SSSR count). The van der Waals surface area contributed by atoms with Crippen LogP contribution in [0, 0.1) is 0 Å². The zero-order chi connectivity index (χ0) is 24.8. The average Bonchev–Trinajstić information content (AvgIpc) is 2.71. The molecule has 0 aliphatic carbocycles. The zero-order valence-electron chi connectivity index (χ0n) is 19.2. The van der Waals surface area contributed by atoms with E-state index in [0.717, 1.165) is 20.8 Å². The summed E-state index contributed by atoms with van der Waals surface area (Å²) in [4.78, 5) is 46.4. The van der Waals surface area contributed by atoms with Crippen molar-refractivity contribution in [3.8, 4) is 0 Å². The summed E-state index contributed by atoms with van der Waals surface area (Å²) in [6, 6.07) is 0. The van der Waals surface area contributed by atoms with Gasteiger partial charge in [0.25, 0.3) is 0 Å². The molecule has 5 unspecified atom stereocenters. The fraction of sp³-hybridized carbons (Fsp3) is 0.800. The number of carbonyl (C=O) groups is 4. The summed E-state index contributed by atoms with van der Waals surface area (Å²) in [5.41, 5.74) is 0. The molecule has 0 aromatic carbocycles. The van der Waals surface area contributed by atoms with Crippen molar-refractivity contribution in [2.45, 2.75) is 58.4 Å². The molecule has 13 heteroatoms. The van der Waals surface area contributed by atoms with Crippen LogP contribution in [-0.4, -0.2) is 106 Å². The summed E-state index contributed by atoms with van der Waals surface area (Å²) in [6.45, 7) is 5.01. The standard InChI is InChI=1S/C20H32O13/c1-12(22)29-11-16-17(30-13(2)23)18(31-14(3)24)19(32-15(4)25)20(33-16)28-10-9-27-8-7-26-6-5-21/h16-21H,5-11H2,1-4H3. The van der Waals surface area contributed by atoms with E-state index < -0.39 is 54.6 Å². The smallest absolute Gasteiger partial charge is 0.303 e. The van der Waals surface area contributed by atoms with Crippen molar-refractivity contribution in [1.29, 1.82) is 0 Å². The first-order chi connectivity index (χ1) is 15.6. The Kier molecular flexibility index (Phi) is 13.5. The van der Waals surface area contributed by atoms with E-state index in [0.29, 0.717) is 0 Å². The van der Waals surface area contributed by atoms with Gasteiger partial charge < -0.3 is 43.0 Å². The van der Waals surface area contributed by atoms with Crippen molar-refractivity contribution >= 4 is 23.9 Å². The molecule has 33 heavy (non-hydrogen) atoms. The van der Waals surface area contributed by atoms with E-state index in [1.54, 1.807) is 0 Å². The third-order valence-electron chi connectivity index (χ3n) is 4.07. The Balaban J connectivity index is 2.95. The Bertz CT molecular complexity index is 637. The second-order valence-corrected chi connectivity index (χ2v) is 6.89. The zero-order valence-corrected chi connectivity index (χ0v) is 19.2. The lowest BCUT2D eigenvalue weighted by Crippen LogP contribution is -2.63. The summed E-state index contributed by atoms with van der Waals surface area (Å²) in [5.74, 6) is -2.77. The van der Waals surface area contributed by atoms with Gasteiger partial charge in [-0.15, -0.1) is 0 Å². The van der Waals surface area contributed by atoms with Crippen LogP contribution in [0.5, 0.6) is 0 Å². The Labute approximate surface area is 191 Å². The Morgan fingerprint density at radius 2 is 1.21 bits per heavy atom. The normalized spacial score (nSPS) is 24.6. The molecule has 0 amide bonds. The maximum atomic E-state index is 11.7. The van der Waals surface area contributed by atoms with Gasteiger partial charge in [0.15, 0.2) is 24.6 Å². The summed E-state index contributed by atoms with van der Waals surface area (Å²) >= 11 is 0. The van der Waals surface area contributed by atoms with Crippen molar-refractivity contribution in [3.63, 3.8) is 0 Å². The highest BCUT2D eigenvalue weighted by Gasteiger charge is 2.52. The summed E-state index contributed by atoms with van der Waals surface area (Å²) in [7, 11) is 0. The van der Waals surface area contributed by atoms with Crippen molar-refractivity contribution in [1.82, 2.24) is 0 Å². The Hall–Kier alpha value is -2.32. The van der Waals surface area contributed by atoms with E-state index in [1.807, 2.05) is 0 Å². The highest BCUT2D eigenvalue weighted by molar-refractivity contribution is 5.68. The molecule has 0 aromatic heterocycles. The van der Waals surface area contributed by atoms with Gasteiger partial charge >= 0.3 is 23.9 Å². The maximum absolute atomic E-state index is 11.7. The minimum absolute atomic E-state index is 0.00621. The first-order valence-electron chi connectivity index (χ1n) is 10.3. The van der Waals surface area contributed by atoms with Gasteiger partial charge in [-0.25, -0.2) is 0 Å². The van der Waals surface area contributed by atoms with Crippen molar-refractivity contribution in [3.05, 3.63) is 0 Å². The Morgan fingerprint density at radius 3 is 1.76 bits per heavy atom. The minimum Gasteiger partial charge on any atom is -0.463 e. The van der Waals surface area contributed by atoms with Crippen LogP contribution in [-0.2, 0) is 57.1 Å². The number of ether oxygens (including phenoxy) is 8. The van der Waals surface area contributed by atoms with Crippen molar-refractivity contribution < 1.29 is 62.2 Å². The maximum Gasteiger partial charge on any atom is 0.303 e. The van der Waals surface area contributed by atoms with Crippen molar-refractivity contribution in [2.75, 3.05) is 46.2 Å². The number of rotatable bonds is 14. The molecule has 13 nitrogen and oxygen atoms in total. The van der Waals surface area contributed by atoms with Crippen molar-refractivity contribution in [2.24, 2.45) is 0 Å². The van der Waals surface area contributed by atoms with Crippen LogP contribution in [0.2, 0.25) is 0 Å². The number of aliphatic hydroxyl groups excluding tert-OH is 1. The molecular weight excluding hydrogens is 448 g/mol. The molecule has 1 heterocycles. The number of carbonyl (C=O) groups excluding carboxylic acids is 4. The van der Waals surface area contributed by atoms with Gasteiger partial charge in [0, 0.05) is 27.7 Å². The minimum atomic E-state index is -1.29. The van der Waals surface area contributed by atoms with Crippen LogP contribution in [0.1, 0.15) is 27.7 Å². The molecule has 1 aliphatic rings. The molecule has 1 fully saturated rings. The molecule has 190 valence electrons. The molecule has 0 spiro atoms. The number of hydrogen-bond acceptors (Lipinski definition) is 13. The second-order valence-electron chi connectivity index (χ2n) is 6.89. The summed E-state index contributed by atoms with van der Waals surface area (Å²) < 4.78 is 42.7. The SMILES string of the molecule is CC(=O)OCC1OC(OCCOCCOCCO)C(OC(C)=O)C(OC(C)=O)C1OC(C)=O. The van der Waals surface area contributed by atoms with E-state index in [9.17, 15) is 19.2 Å². The topological polar surface area (TPSA) is 162 Å². The van der Waals surface area contributed by atoms with Gasteiger partial charge in [0.2, 0.25) is 0 Å². The van der Waals surface area contributed by atoms with Crippen LogP contribution in [0.15, 0.2) is 0 Å². The number of hydrogen-bond donors (Lipinski definition) is 1. The highest BCUT2D eigenvalue weighted by Crippen LogP contribution is 2.29. The molecule has 0 aromatic rings. The quantitative estimate of drug-likeness (QED) is 0.185. The lowest BCUT2D eigenvalue weighted by Gasteiger charge is -2.44. The van der Waals surface area contributed by atoms with Gasteiger partial charge in [0.05, 0.1) is 39.6 Å². The fourth-order valence-electron chi connectivity index (χ4n) is 2.93. The van der Waals surface area contributed by atoms with Gasteiger partial charge in [-0.1, -0.05) is 0 Å². The first kappa shape index (κ1) is 28.7. The average molecular weight is 480 g/mol. The fourth-order valence-corrected chi connectivity index (χ4v) is 2.93. The van der Waals surface area contributed by atoms with Gasteiger partial charge in [-0.3, -0.25) is 19.2 Å². The first-order valence-corrected chi connectivity index (χ1v) is 10.3. The molecule has 5 atom stereocenters. The second kappa shape index (κ2) is 15.5. The molecule has 1 saturated heterocycles. The predicted octanol–water partition coefficient (Wildman–Crippen LogP) is -0.888. The van der Waals surface area contributed by atoms with Crippen LogP contribution < -0.4 is 0 Å². The van der Waals surface area contributed by atoms with E-state index in [4.69, 9.17) is 43.0 Å². The van der Waals surface area contributed by atoms with E-state index in [2.05, 4.69) is 0 Å². The predicted molar refractivity (Wildman–Crippen MR) is 107 cm³/mol. The van der Waals surface area contributed by atoms with Gasteiger partial charge in [-0.05, 0) is 0 Å². The molecule has 1 aliphatic heterocycles. The van der Waals surface area contributed by atoms with Crippen LogP contribution in [0.25, 0.3) is 0 Å². The molecule has 0 radical (unpaired) electrons.